The van der Waals surface area contributed by atoms with E-state index < -0.39 is 0 Å². The number of amides is 1. The molecule has 17 heavy (non-hydrogen) atoms. The molecule has 0 aliphatic heterocycles. The quantitative estimate of drug-likeness (QED) is 0.877. The summed E-state index contributed by atoms with van der Waals surface area (Å²) in [5, 5.41) is 9.77. The topological polar surface area (TPSA) is 40.5 Å². The third kappa shape index (κ3) is 3.63. The third-order valence-corrected chi connectivity index (χ3v) is 2.96. The number of rotatable bonds is 5. The van der Waals surface area contributed by atoms with E-state index in [4.69, 9.17) is 11.6 Å². The Labute approximate surface area is 107 Å². The van der Waals surface area contributed by atoms with Crippen molar-refractivity contribution in [2.24, 2.45) is 0 Å². The fraction of sp³-hybridized carbons (Fsp3) is 0.462. The Morgan fingerprint density at radius 2 is 2.12 bits per heavy atom. The predicted molar refractivity (Wildman–Crippen MR) is 69.6 cm³/mol. The van der Waals surface area contributed by atoms with Gasteiger partial charge >= 0.3 is 0 Å². The van der Waals surface area contributed by atoms with Gasteiger partial charge in [0.1, 0.15) is 5.75 Å². The Hall–Kier alpha value is -1.22. The zero-order valence-electron chi connectivity index (χ0n) is 10.2. The number of aromatic hydroxyl groups is 1. The van der Waals surface area contributed by atoms with E-state index in [0.29, 0.717) is 17.1 Å². The van der Waals surface area contributed by atoms with Gasteiger partial charge in [-0.25, -0.2) is 0 Å². The van der Waals surface area contributed by atoms with Crippen molar-refractivity contribution in [2.75, 3.05) is 13.1 Å². The highest BCUT2D eigenvalue weighted by Crippen LogP contribution is 2.22. The molecule has 0 bridgehead atoms. The first kappa shape index (κ1) is 13.8. The van der Waals surface area contributed by atoms with Gasteiger partial charge in [0.05, 0.1) is 10.6 Å². The van der Waals surface area contributed by atoms with Crippen LogP contribution in [-0.2, 0) is 0 Å². The van der Waals surface area contributed by atoms with Crippen molar-refractivity contribution in [1.82, 2.24) is 4.90 Å². The molecule has 0 atom stereocenters. The second-order valence-corrected chi connectivity index (χ2v) is 4.31. The zero-order chi connectivity index (χ0) is 12.8. The Morgan fingerprint density at radius 3 is 2.71 bits per heavy atom. The monoisotopic (exact) mass is 255 g/mol. The van der Waals surface area contributed by atoms with Crippen LogP contribution < -0.4 is 0 Å². The van der Waals surface area contributed by atoms with Crippen molar-refractivity contribution in [3.05, 3.63) is 28.8 Å². The van der Waals surface area contributed by atoms with E-state index in [0.717, 1.165) is 19.4 Å². The first-order valence-electron chi connectivity index (χ1n) is 5.88. The molecule has 0 radical (unpaired) electrons. The minimum Gasteiger partial charge on any atom is -0.508 e. The number of hydrogen-bond acceptors (Lipinski definition) is 2. The minimum atomic E-state index is -0.123. The zero-order valence-corrected chi connectivity index (χ0v) is 11.0. The van der Waals surface area contributed by atoms with Crippen LogP contribution in [0.2, 0.25) is 5.02 Å². The van der Waals surface area contributed by atoms with Crippen molar-refractivity contribution < 1.29 is 9.90 Å². The Balaban J connectivity index is 2.89. The number of phenolic OH excluding ortho intramolecular Hbond substituents is 1. The second kappa shape index (κ2) is 6.50. The van der Waals surface area contributed by atoms with Crippen LogP contribution in [0, 0.1) is 0 Å². The molecule has 0 unspecified atom stereocenters. The van der Waals surface area contributed by atoms with Crippen molar-refractivity contribution in [2.45, 2.75) is 26.7 Å². The molecule has 1 aromatic rings. The first-order chi connectivity index (χ1) is 8.10. The largest absolute Gasteiger partial charge is 0.508 e. The van der Waals surface area contributed by atoms with E-state index in [-0.39, 0.29) is 11.7 Å². The van der Waals surface area contributed by atoms with Crippen molar-refractivity contribution in [3.63, 3.8) is 0 Å². The van der Waals surface area contributed by atoms with Gasteiger partial charge in [-0.3, -0.25) is 4.79 Å². The number of phenols is 1. The molecule has 0 saturated heterocycles. The maximum absolute atomic E-state index is 12.2. The number of halogens is 1. The summed E-state index contributed by atoms with van der Waals surface area (Å²) in [5.41, 5.74) is 0.365. The highest BCUT2D eigenvalue weighted by Gasteiger charge is 2.17. The first-order valence-corrected chi connectivity index (χ1v) is 6.25. The van der Waals surface area contributed by atoms with Gasteiger partial charge in [0.15, 0.2) is 0 Å². The van der Waals surface area contributed by atoms with Crippen LogP contribution in [0.15, 0.2) is 18.2 Å². The van der Waals surface area contributed by atoms with Gasteiger partial charge in [-0.15, -0.1) is 0 Å². The number of unbranched alkanes of at least 4 members (excludes halogenated alkanes) is 1. The van der Waals surface area contributed by atoms with Crippen LogP contribution in [0.5, 0.6) is 5.75 Å². The summed E-state index contributed by atoms with van der Waals surface area (Å²) in [5.74, 6) is -0.0638. The van der Waals surface area contributed by atoms with Gasteiger partial charge < -0.3 is 10.0 Å². The SMILES string of the molecule is CCCCN(CC)C(=O)c1cc(O)ccc1Cl. The lowest BCUT2D eigenvalue weighted by molar-refractivity contribution is 0.0762. The van der Waals surface area contributed by atoms with E-state index in [9.17, 15) is 9.90 Å². The molecule has 0 aliphatic carbocycles. The summed E-state index contributed by atoms with van der Waals surface area (Å²) >= 11 is 5.97. The molecule has 0 aliphatic rings. The van der Waals surface area contributed by atoms with Gasteiger partial charge in [0.25, 0.3) is 5.91 Å². The number of hydrogen-bond donors (Lipinski definition) is 1. The smallest absolute Gasteiger partial charge is 0.255 e. The molecule has 1 aromatic carbocycles. The number of carbonyl (C=O) groups is 1. The fourth-order valence-corrected chi connectivity index (χ4v) is 1.80. The summed E-state index contributed by atoms with van der Waals surface area (Å²) in [6.07, 6.45) is 2.01. The second-order valence-electron chi connectivity index (χ2n) is 3.90. The van der Waals surface area contributed by atoms with Crippen LogP contribution in [0.25, 0.3) is 0 Å². The minimum absolute atomic E-state index is 0.0595. The molecule has 1 rings (SSSR count). The van der Waals surface area contributed by atoms with Crippen molar-refractivity contribution in [3.8, 4) is 5.75 Å². The highest BCUT2D eigenvalue weighted by molar-refractivity contribution is 6.33. The molecule has 1 N–H and O–H groups in total. The average molecular weight is 256 g/mol. The molecular weight excluding hydrogens is 238 g/mol. The van der Waals surface area contributed by atoms with Gasteiger partial charge in [0.2, 0.25) is 0 Å². The van der Waals surface area contributed by atoms with E-state index in [1.807, 2.05) is 6.92 Å². The maximum atomic E-state index is 12.2. The molecule has 4 heteroatoms. The lowest BCUT2D eigenvalue weighted by Crippen LogP contribution is -2.31. The lowest BCUT2D eigenvalue weighted by Gasteiger charge is -2.21. The third-order valence-electron chi connectivity index (χ3n) is 2.63. The van der Waals surface area contributed by atoms with E-state index in [2.05, 4.69) is 6.92 Å². The Morgan fingerprint density at radius 1 is 1.41 bits per heavy atom. The number of carbonyl (C=O) groups excluding carboxylic acids is 1. The molecular formula is C13H18ClNO2. The predicted octanol–water partition coefficient (Wildman–Crippen LogP) is 3.31. The summed E-state index contributed by atoms with van der Waals surface area (Å²) in [7, 11) is 0. The number of benzene rings is 1. The van der Waals surface area contributed by atoms with Gasteiger partial charge in [0, 0.05) is 13.1 Å². The van der Waals surface area contributed by atoms with Crippen molar-refractivity contribution in [1.29, 1.82) is 0 Å². The Bertz CT molecular complexity index is 393. The standard InChI is InChI=1S/C13H18ClNO2/c1-3-5-8-15(4-2)13(17)11-9-10(16)6-7-12(11)14/h6-7,9,16H,3-5,8H2,1-2H3. The molecule has 1 amide bonds. The van der Waals surface area contributed by atoms with Crippen LogP contribution in [0.4, 0.5) is 0 Å². The lowest BCUT2D eigenvalue weighted by atomic mass is 10.1. The summed E-state index contributed by atoms with van der Waals surface area (Å²) in [6.45, 7) is 5.38. The number of nitrogens with zero attached hydrogens (tertiary/aromatic N) is 1. The van der Waals surface area contributed by atoms with Gasteiger partial charge in [-0.05, 0) is 31.5 Å². The average Bonchev–Trinajstić information content (AvgIpc) is 2.33. The van der Waals surface area contributed by atoms with Crippen molar-refractivity contribution >= 4 is 17.5 Å². The summed E-state index contributed by atoms with van der Waals surface area (Å²) < 4.78 is 0. The molecule has 0 spiro atoms. The normalized spacial score (nSPS) is 10.3. The van der Waals surface area contributed by atoms with Crippen LogP contribution >= 0.6 is 11.6 Å². The fourth-order valence-electron chi connectivity index (χ4n) is 1.60. The molecule has 3 nitrogen and oxygen atoms in total. The van der Waals surface area contributed by atoms with E-state index >= 15 is 0 Å². The van der Waals surface area contributed by atoms with Crippen LogP contribution in [0.1, 0.15) is 37.0 Å². The maximum Gasteiger partial charge on any atom is 0.255 e. The Kier molecular flexibility index (Phi) is 5.29. The van der Waals surface area contributed by atoms with E-state index in [1.54, 1.807) is 4.90 Å². The summed E-state index contributed by atoms with van der Waals surface area (Å²) in [6, 6.07) is 4.43. The highest BCUT2D eigenvalue weighted by atomic mass is 35.5. The van der Waals surface area contributed by atoms with Crippen LogP contribution in [-0.4, -0.2) is 29.0 Å². The van der Waals surface area contributed by atoms with Gasteiger partial charge in [-0.2, -0.15) is 0 Å². The molecule has 0 saturated carbocycles. The molecule has 0 heterocycles. The van der Waals surface area contributed by atoms with E-state index in [1.165, 1.54) is 18.2 Å². The van der Waals surface area contributed by atoms with Gasteiger partial charge in [-0.1, -0.05) is 24.9 Å². The molecule has 94 valence electrons. The summed E-state index contributed by atoms with van der Waals surface area (Å²) in [4.78, 5) is 13.9. The molecule has 0 aromatic heterocycles. The van der Waals surface area contributed by atoms with Crippen LogP contribution in [0.3, 0.4) is 0 Å². The molecule has 0 fully saturated rings.